The quantitative estimate of drug-likeness (QED) is 0.755. The Morgan fingerprint density at radius 1 is 1.33 bits per heavy atom. The van der Waals surface area contributed by atoms with E-state index < -0.39 is 22.1 Å². The minimum absolute atomic E-state index is 0.158. The van der Waals surface area contributed by atoms with Crippen LogP contribution < -0.4 is 0 Å². The molecule has 0 saturated carbocycles. The van der Waals surface area contributed by atoms with Crippen molar-refractivity contribution in [3.8, 4) is 0 Å². The molecule has 0 N–H and O–H groups in total. The topological polar surface area (TPSA) is 46.6 Å². The zero-order chi connectivity index (χ0) is 15.5. The summed E-state index contributed by atoms with van der Waals surface area (Å²) in [6, 6.07) is 8.67. The maximum absolute atomic E-state index is 13.6. The first-order chi connectivity index (χ1) is 9.81. The zero-order valence-corrected chi connectivity index (χ0v) is 12.7. The molecule has 1 aliphatic heterocycles. The monoisotopic (exact) mass is 319 g/mol. The Morgan fingerprint density at radius 3 is 2.62 bits per heavy atom. The van der Waals surface area contributed by atoms with E-state index >= 15 is 0 Å². The Kier molecular flexibility index (Phi) is 4.95. The van der Waals surface area contributed by atoms with Gasteiger partial charge in [-0.1, -0.05) is 30.3 Å². The summed E-state index contributed by atoms with van der Waals surface area (Å²) in [5.41, 5.74) is 0.915. The fourth-order valence-electron chi connectivity index (χ4n) is 2.40. The van der Waals surface area contributed by atoms with Crippen molar-refractivity contribution in [3.05, 3.63) is 35.9 Å². The number of benzene rings is 1. The van der Waals surface area contributed by atoms with Gasteiger partial charge in [0.25, 0.3) is 16.0 Å². The van der Waals surface area contributed by atoms with Crippen molar-refractivity contribution in [2.24, 2.45) is 0 Å². The van der Waals surface area contributed by atoms with Gasteiger partial charge in [-0.15, -0.1) is 0 Å². The lowest BCUT2D eigenvalue weighted by Gasteiger charge is -2.23. The van der Waals surface area contributed by atoms with Crippen molar-refractivity contribution < 1.29 is 21.4 Å². The maximum atomic E-state index is 13.6. The van der Waals surface area contributed by atoms with Crippen molar-refractivity contribution in [3.63, 3.8) is 0 Å². The van der Waals surface area contributed by atoms with Gasteiger partial charge in [0, 0.05) is 19.0 Å². The molecular weight excluding hydrogens is 300 g/mol. The molecule has 1 saturated heterocycles. The summed E-state index contributed by atoms with van der Waals surface area (Å²) in [6.45, 7) is 1.22. The molecule has 7 heteroatoms. The molecule has 118 valence electrons. The van der Waals surface area contributed by atoms with E-state index in [0.717, 1.165) is 5.56 Å². The number of nitrogens with zero attached hydrogens (tertiary/aromatic N) is 1. The van der Waals surface area contributed by atoms with Crippen LogP contribution in [0, 0.1) is 0 Å². The second-order valence-electron chi connectivity index (χ2n) is 5.24. The minimum atomic E-state index is -3.61. The molecule has 1 fully saturated rings. The lowest BCUT2D eigenvalue weighted by molar-refractivity contribution is 0.0112. The fourth-order valence-corrected chi connectivity index (χ4v) is 2.93. The van der Waals surface area contributed by atoms with Crippen molar-refractivity contribution in [2.45, 2.75) is 31.9 Å². The van der Waals surface area contributed by atoms with Crippen LogP contribution in [0.1, 0.15) is 18.9 Å². The van der Waals surface area contributed by atoms with Crippen LogP contribution in [0.3, 0.4) is 0 Å². The number of alkyl halides is 2. The highest BCUT2D eigenvalue weighted by Gasteiger charge is 2.45. The Hall–Kier alpha value is -1.05. The first-order valence-electron chi connectivity index (χ1n) is 6.84. The van der Waals surface area contributed by atoms with Crippen LogP contribution >= 0.6 is 0 Å². The molecule has 21 heavy (non-hydrogen) atoms. The second-order valence-corrected chi connectivity index (χ2v) is 7.16. The molecule has 0 aliphatic carbocycles. The summed E-state index contributed by atoms with van der Waals surface area (Å²) in [5, 5.41) is 0. The molecule has 1 atom stereocenters. The van der Waals surface area contributed by atoms with E-state index in [-0.39, 0.29) is 25.3 Å². The van der Waals surface area contributed by atoms with Gasteiger partial charge in [-0.2, -0.15) is 8.42 Å². The summed E-state index contributed by atoms with van der Waals surface area (Å²) in [6.07, 6.45) is -0.376. The van der Waals surface area contributed by atoms with E-state index in [9.17, 15) is 17.2 Å². The number of rotatable bonds is 6. The Bertz CT molecular complexity index is 563. The zero-order valence-electron chi connectivity index (χ0n) is 11.8. The highest BCUT2D eigenvalue weighted by Crippen LogP contribution is 2.33. The van der Waals surface area contributed by atoms with Gasteiger partial charge < -0.3 is 0 Å². The van der Waals surface area contributed by atoms with Crippen LogP contribution in [0.15, 0.2) is 30.3 Å². The minimum Gasteiger partial charge on any atom is -0.288 e. The van der Waals surface area contributed by atoms with Gasteiger partial charge in [0.15, 0.2) is 0 Å². The highest BCUT2D eigenvalue weighted by atomic mass is 32.2. The second kappa shape index (κ2) is 6.37. The number of halogens is 2. The van der Waals surface area contributed by atoms with Crippen LogP contribution in [-0.4, -0.2) is 44.2 Å². The predicted molar refractivity (Wildman–Crippen MR) is 75.6 cm³/mol. The Morgan fingerprint density at radius 2 is 2.00 bits per heavy atom. The summed E-state index contributed by atoms with van der Waals surface area (Å²) in [4.78, 5) is 1.58. The van der Waals surface area contributed by atoms with E-state index in [2.05, 4.69) is 0 Å². The van der Waals surface area contributed by atoms with Gasteiger partial charge in [-0.25, -0.2) is 8.78 Å². The molecule has 0 bridgehead atoms. The first-order valence-corrected chi connectivity index (χ1v) is 8.42. The summed E-state index contributed by atoms with van der Waals surface area (Å²) in [7, 11) is -3.61. The van der Waals surface area contributed by atoms with Crippen LogP contribution in [0.4, 0.5) is 8.78 Å². The lowest BCUT2D eigenvalue weighted by Crippen LogP contribution is -2.34. The molecule has 0 spiro atoms. The SMILES string of the molecule is CCS(=O)(=O)OC[C@@H]1CC(F)(F)CN1Cc1ccccc1. The normalized spacial score (nSPS) is 22.5. The van der Waals surface area contributed by atoms with Crippen molar-refractivity contribution in [1.29, 1.82) is 0 Å². The molecular formula is C14H19F2NO3S. The lowest BCUT2D eigenvalue weighted by atomic mass is 10.2. The average Bonchev–Trinajstić information content (AvgIpc) is 2.72. The molecule has 0 unspecified atom stereocenters. The molecule has 0 radical (unpaired) electrons. The van der Waals surface area contributed by atoms with Crippen LogP contribution in [-0.2, 0) is 20.8 Å². The van der Waals surface area contributed by atoms with Crippen LogP contribution in [0.5, 0.6) is 0 Å². The third-order valence-corrected chi connectivity index (χ3v) is 4.71. The largest absolute Gasteiger partial charge is 0.288 e. The van der Waals surface area contributed by atoms with Crippen molar-refractivity contribution in [2.75, 3.05) is 18.9 Å². The van der Waals surface area contributed by atoms with E-state index in [1.54, 1.807) is 4.90 Å². The van der Waals surface area contributed by atoms with Crippen molar-refractivity contribution in [1.82, 2.24) is 4.90 Å². The molecule has 1 aromatic rings. The molecule has 1 heterocycles. The van der Waals surface area contributed by atoms with E-state index in [4.69, 9.17) is 4.18 Å². The maximum Gasteiger partial charge on any atom is 0.267 e. The average molecular weight is 319 g/mol. The van der Waals surface area contributed by atoms with E-state index in [1.807, 2.05) is 30.3 Å². The summed E-state index contributed by atoms with van der Waals surface area (Å²) in [5.74, 6) is -2.96. The van der Waals surface area contributed by atoms with Crippen LogP contribution in [0.2, 0.25) is 0 Å². The fraction of sp³-hybridized carbons (Fsp3) is 0.571. The standard InChI is InChI=1S/C14H19F2NO3S/c1-2-21(18,19)20-10-13-8-14(15,16)11-17(13)9-12-6-4-3-5-7-12/h3-7,13H,2,8-11H2,1H3/t13-/m0/s1. The van der Waals surface area contributed by atoms with Crippen molar-refractivity contribution >= 4 is 10.1 Å². The van der Waals surface area contributed by atoms with Gasteiger partial charge in [-0.3, -0.25) is 9.08 Å². The third-order valence-electron chi connectivity index (χ3n) is 3.51. The Labute approximate surface area is 123 Å². The van der Waals surface area contributed by atoms with E-state index in [1.165, 1.54) is 6.92 Å². The molecule has 1 aliphatic rings. The van der Waals surface area contributed by atoms with Gasteiger partial charge in [0.1, 0.15) is 0 Å². The Balaban J connectivity index is 2.03. The predicted octanol–water partition coefficient (Wildman–Crippen LogP) is 2.26. The van der Waals surface area contributed by atoms with Gasteiger partial charge >= 0.3 is 0 Å². The number of hydrogen-bond acceptors (Lipinski definition) is 4. The molecule has 0 aromatic heterocycles. The molecule has 4 nitrogen and oxygen atoms in total. The molecule has 0 amide bonds. The third kappa shape index (κ3) is 4.72. The van der Waals surface area contributed by atoms with Gasteiger partial charge in [0.2, 0.25) is 0 Å². The molecule has 1 aromatic carbocycles. The summed E-state index contributed by atoms with van der Waals surface area (Å²) < 4.78 is 54.7. The number of likely N-dealkylation sites (tertiary alicyclic amines) is 1. The van der Waals surface area contributed by atoms with Gasteiger partial charge in [-0.05, 0) is 12.5 Å². The van der Waals surface area contributed by atoms with E-state index in [0.29, 0.717) is 6.54 Å². The van der Waals surface area contributed by atoms with Crippen LogP contribution in [0.25, 0.3) is 0 Å². The smallest absolute Gasteiger partial charge is 0.267 e. The highest BCUT2D eigenvalue weighted by molar-refractivity contribution is 7.86. The first kappa shape index (κ1) is 16.3. The van der Waals surface area contributed by atoms with Gasteiger partial charge in [0.05, 0.1) is 18.9 Å². The molecule has 2 rings (SSSR count). The number of hydrogen-bond donors (Lipinski definition) is 0. The summed E-state index contributed by atoms with van der Waals surface area (Å²) >= 11 is 0.